The van der Waals surface area contributed by atoms with Crippen LogP contribution in [0, 0.1) is 15.9 Å². The highest BCUT2D eigenvalue weighted by molar-refractivity contribution is 7.99. The van der Waals surface area contributed by atoms with E-state index in [4.69, 9.17) is 4.74 Å². The third-order valence-corrected chi connectivity index (χ3v) is 9.01. The van der Waals surface area contributed by atoms with Crippen LogP contribution in [-0.4, -0.2) is 59.1 Å². The van der Waals surface area contributed by atoms with Crippen molar-refractivity contribution < 1.29 is 27.3 Å². The Kier molecular flexibility index (Phi) is 8.71. The Bertz CT molecular complexity index is 1690. The molecule has 1 amide bonds. The first kappa shape index (κ1) is 29.0. The number of hydrogen-bond acceptors (Lipinski definition) is 8. The number of imidazole rings is 1. The van der Waals surface area contributed by atoms with E-state index < -0.39 is 32.4 Å². The van der Waals surface area contributed by atoms with Crippen LogP contribution < -0.4 is 10.1 Å². The topological polar surface area (TPSA) is 137 Å². The second kappa shape index (κ2) is 12.0. The van der Waals surface area contributed by atoms with E-state index in [-0.39, 0.29) is 16.3 Å². The number of methoxy groups -OCH3 is 1. The number of nitro groups is 1. The molecule has 4 rings (SSSR count). The molecule has 0 aliphatic rings. The zero-order valence-electron chi connectivity index (χ0n) is 21.8. The van der Waals surface area contributed by atoms with E-state index in [0.29, 0.717) is 40.7 Å². The minimum Gasteiger partial charge on any atom is -0.495 e. The predicted molar refractivity (Wildman–Crippen MR) is 150 cm³/mol. The van der Waals surface area contributed by atoms with Crippen molar-refractivity contribution in [1.82, 2.24) is 13.9 Å². The lowest BCUT2D eigenvalue weighted by atomic mass is 10.2. The Morgan fingerprint density at radius 1 is 1.15 bits per heavy atom. The number of thioether (sulfide) groups is 1. The van der Waals surface area contributed by atoms with E-state index in [1.165, 1.54) is 29.6 Å². The van der Waals surface area contributed by atoms with E-state index >= 15 is 0 Å². The number of amides is 1. The highest BCUT2D eigenvalue weighted by Gasteiger charge is 2.24. The molecular formula is C26H26FN5O6S2. The van der Waals surface area contributed by atoms with Crippen LogP contribution in [-0.2, 0) is 14.8 Å². The number of para-hydroxylation sites is 2. The standard InChI is InChI=1S/C26H26FN5O6S2/c1-4-30(5-2)40(36,37)18-11-13-21-20(15-18)29-26(31(21)22-8-6-7-9-24(22)38-3)39-16-25(33)28-17-10-12-19(27)23(14-17)32(34)35/h6-15H,4-5,16H2,1-3H3,(H,28,33). The molecule has 40 heavy (non-hydrogen) atoms. The van der Waals surface area contributed by atoms with Gasteiger partial charge in [0.05, 0.1) is 39.4 Å². The maximum atomic E-state index is 13.7. The fourth-order valence-corrected chi connectivity index (χ4v) is 6.41. The number of carbonyl (C=O) groups is 1. The van der Waals surface area contributed by atoms with Crippen molar-refractivity contribution in [2.24, 2.45) is 0 Å². The van der Waals surface area contributed by atoms with Gasteiger partial charge in [0, 0.05) is 24.8 Å². The second-order valence-electron chi connectivity index (χ2n) is 8.40. The molecule has 1 aromatic heterocycles. The number of halogens is 1. The number of nitrogens with one attached hydrogen (secondary N) is 1. The van der Waals surface area contributed by atoms with Gasteiger partial charge in [0.15, 0.2) is 5.16 Å². The van der Waals surface area contributed by atoms with E-state index in [9.17, 15) is 27.7 Å². The molecular weight excluding hydrogens is 561 g/mol. The van der Waals surface area contributed by atoms with Crippen LogP contribution in [0.5, 0.6) is 5.75 Å². The van der Waals surface area contributed by atoms with Gasteiger partial charge >= 0.3 is 5.69 Å². The van der Waals surface area contributed by atoms with Crippen molar-refractivity contribution in [3.63, 3.8) is 0 Å². The lowest BCUT2D eigenvalue weighted by Gasteiger charge is -2.18. The Balaban J connectivity index is 1.71. The monoisotopic (exact) mass is 587 g/mol. The SMILES string of the molecule is CCN(CC)S(=O)(=O)c1ccc2c(c1)nc(SCC(=O)Nc1ccc(F)c([N+](=O)[O-])c1)n2-c1ccccc1OC. The number of ether oxygens (including phenoxy) is 1. The Labute approximate surface area is 234 Å². The Morgan fingerprint density at radius 3 is 2.55 bits per heavy atom. The summed E-state index contributed by atoms with van der Waals surface area (Å²) < 4.78 is 48.6. The van der Waals surface area contributed by atoms with Crippen LogP contribution >= 0.6 is 11.8 Å². The van der Waals surface area contributed by atoms with Crippen molar-refractivity contribution in [2.75, 3.05) is 31.3 Å². The van der Waals surface area contributed by atoms with E-state index in [0.717, 1.165) is 23.9 Å². The van der Waals surface area contributed by atoms with Crippen molar-refractivity contribution in [1.29, 1.82) is 0 Å². The van der Waals surface area contributed by atoms with Gasteiger partial charge in [0.1, 0.15) is 5.75 Å². The van der Waals surface area contributed by atoms with Gasteiger partial charge in [0.25, 0.3) is 0 Å². The van der Waals surface area contributed by atoms with Crippen LogP contribution in [0.15, 0.2) is 70.7 Å². The van der Waals surface area contributed by atoms with E-state index in [1.807, 2.05) is 12.1 Å². The van der Waals surface area contributed by atoms with Gasteiger partial charge in [-0.05, 0) is 42.5 Å². The van der Waals surface area contributed by atoms with Gasteiger partial charge in [-0.25, -0.2) is 13.4 Å². The molecule has 0 spiro atoms. The summed E-state index contributed by atoms with van der Waals surface area (Å²) in [5.41, 5.74) is 0.947. The van der Waals surface area contributed by atoms with Crippen LogP contribution in [0.25, 0.3) is 16.7 Å². The molecule has 0 saturated heterocycles. The first-order valence-electron chi connectivity index (χ1n) is 12.1. The maximum Gasteiger partial charge on any atom is 0.306 e. The maximum absolute atomic E-state index is 13.7. The van der Waals surface area contributed by atoms with Gasteiger partial charge in [0.2, 0.25) is 21.7 Å². The third kappa shape index (κ3) is 5.78. The van der Waals surface area contributed by atoms with Crippen molar-refractivity contribution in [3.8, 4) is 11.4 Å². The molecule has 0 atom stereocenters. The number of nitro benzene ring substituents is 1. The summed E-state index contributed by atoms with van der Waals surface area (Å²) in [5, 5.41) is 13.9. The normalized spacial score (nSPS) is 11.6. The average molecular weight is 588 g/mol. The predicted octanol–water partition coefficient (Wildman–Crippen LogP) is 4.84. The summed E-state index contributed by atoms with van der Waals surface area (Å²) >= 11 is 1.07. The Morgan fingerprint density at radius 2 is 1.88 bits per heavy atom. The highest BCUT2D eigenvalue weighted by Crippen LogP contribution is 2.34. The molecule has 210 valence electrons. The molecule has 11 nitrogen and oxygen atoms in total. The minimum absolute atomic E-state index is 0.0724. The Hall–Kier alpha value is -4.01. The lowest BCUT2D eigenvalue weighted by Crippen LogP contribution is -2.30. The van der Waals surface area contributed by atoms with Gasteiger partial charge in [-0.15, -0.1) is 0 Å². The molecule has 14 heteroatoms. The number of nitrogens with zero attached hydrogens (tertiary/aromatic N) is 4. The zero-order chi connectivity index (χ0) is 29.0. The molecule has 0 fully saturated rings. The first-order valence-corrected chi connectivity index (χ1v) is 14.6. The van der Waals surface area contributed by atoms with Crippen molar-refractivity contribution >= 4 is 50.1 Å². The van der Waals surface area contributed by atoms with Crippen LogP contribution in [0.3, 0.4) is 0 Å². The van der Waals surface area contributed by atoms with Crippen LogP contribution in [0.2, 0.25) is 0 Å². The van der Waals surface area contributed by atoms with E-state index in [2.05, 4.69) is 10.3 Å². The third-order valence-electron chi connectivity index (χ3n) is 6.02. The summed E-state index contributed by atoms with van der Waals surface area (Å²) in [5.74, 6) is -1.12. The number of fused-ring (bicyclic) bond motifs is 1. The number of sulfonamides is 1. The number of anilines is 1. The largest absolute Gasteiger partial charge is 0.495 e. The van der Waals surface area contributed by atoms with Crippen LogP contribution in [0.4, 0.5) is 15.8 Å². The molecule has 0 aliphatic heterocycles. The molecule has 3 aromatic carbocycles. The number of rotatable bonds is 11. The van der Waals surface area contributed by atoms with Gasteiger partial charge in [-0.2, -0.15) is 8.70 Å². The number of benzene rings is 3. The minimum atomic E-state index is -3.73. The molecule has 0 unspecified atom stereocenters. The first-order chi connectivity index (χ1) is 19.1. The van der Waals surface area contributed by atoms with Gasteiger partial charge < -0.3 is 10.1 Å². The second-order valence-corrected chi connectivity index (χ2v) is 11.3. The van der Waals surface area contributed by atoms with Crippen LogP contribution in [0.1, 0.15) is 13.8 Å². The summed E-state index contributed by atoms with van der Waals surface area (Å²) in [6.45, 7) is 4.17. The lowest BCUT2D eigenvalue weighted by molar-refractivity contribution is -0.387. The number of aromatic nitrogens is 2. The number of hydrogen-bond donors (Lipinski definition) is 1. The zero-order valence-corrected chi connectivity index (χ0v) is 23.5. The molecule has 0 bridgehead atoms. The molecule has 1 N–H and O–H groups in total. The summed E-state index contributed by atoms with van der Waals surface area (Å²) in [7, 11) is -2.21. The molecule has 4 aromatic rings. The summed E-state index contributed by atoms with van der Waals surface area (Å²) in [4.78, 5) is 27.6. The fraction of sp³-hybridized carbons (Fsp3) is 0.231. The van der Waals surface area contributed by atoms with Crippen molar-refractivity contribution in [3.05, 3.63) is 76.6 Å². The number of carbonyl (C=O) groups excluding carboxylic acids is 1. The highest BCUT2D eigenvalue weighted by atomic mass is 32.2. The van der Waals surface area contributed by atoms with Crippen molar-refractivity contribution in [2.45, 2.75) is 23.9 Å². The average Bonchev–Trinajstić information content (AvgIpc) is 3.30. The fourth-order valence-electron chi connectivity index (χ4n) is 4.11. The molecule has 1 heterocycles. The summed E-state index contributed by atoms with van der Waals surface area (Å²) in [6.07, 6.45) is 0. The molecule has 0 aliphatic carbocycles. The summed E-state index contributed by atoms with van der Waals surface area (Å²) in [6, 6.07) is 14.9. The quantitative estimate of drug-likeness (QED) is 0.150. The molecule has 0 saturated carbocycles. The van der Waals surface area contributed by atoms with Gasteiger partial charge in [-0.1, -0.05) is 37.7 Å². The molecule has 0 radical (unpaired) electrons. The van der Waals surface area contributed by atoms with E-state index in [1.54, 1.807) is 36.6 Å². The smallest absolute Gasteiger partial charge is 0.306 e. The van der Waals surface area contributed by atoms with Gasteiger partial charge in [-0.3, -0.25) is 19.5 Å².